The number of fused-ring (bicyclic) bond motifs is 1. The quantitative estimate of drug-likeness (QED) is 0.596. The van der Waals surface area contributed by atoms with Crippen LogP contribution in [0.3, 0.4) is 0 Å². The summed E-state index contributed by atoms with van der Waals surface area (Å²) in [7, 11) is 1.65. The van der Waals surface area contributed by atoms with E-state index in [1.165, 1.54) is 11.1 Å². The molecule has 1 amide bonds. The number of guanidine groups is 1. The van der Waals surface area contributed by atoms with Gasteiger partial charge in [-0.05, 0) is 30.5 Å². The molecule has 0 radical (unpaired) electrons. The van der Waals surface area contributed by atoms with Crippen LogP contribution in [0.25, 0.3) is 0 Å². The lowest BCUT2D eigenvalue weighted by atomic mass is 10.00. The van der Waals surface area contributed by atoms with Gasteiger partial charge in [0, 0.05) is 25.2 Å². The van der Waals surface area contributed by atoms with Gasteiger partial charge in [-0.3, -0.25) is 4.79 Å². The highest BCUT2D eigenvalue weighted by atomic mass is 16.5. The third-order valence-corrected chi connectivity index (χ3v) is 4.83. The van der Waals surface area contributed by atoms with E-state index in [1.54, 1.807) is 7.11 Å². The molecule has 2 aromatic carbocycles. The second-order valence-corrected chi connectivity index (χ2v) is 6.69. The summed E-state index contributed by atoms with van der Waals surface area (Å²) in [6.45, 7) is 4.86. The van der Waals surface area contributed by atoms with Crippen molar-refractivity contribution in [2.75, 3.05) is 26.7 Å². The summed E-state index contributed by atoms with van der Waals surface area (Å²) >= 11 is 0. The average Bonchev–Trinajstić information content (AvgIpc) is 2.75. The number of hydrogen-bond acceptors (Lipinski definition) is 3. The molecule has 0 bridgehead atoms. The summed E-state index contributed by atoms with van der Waals surface area (Å²) in [5.74, 6) is 1.52. The van der Waals surface area contributed by atoms with Gasteiger partial charge in [0.25, 0.3) is 0 Å². The fourth-order valence-electron chi connectivity index (χ4n) is 3.32. The molecule has 1 aliphatic rings. The molecule has 1 heterocycles. The molecule has 2 aromatic rings. The Labute approximate surface area is 166 Å². The van der Waals surface area contributed by atoms with Gasteiger partial charge in [-0.1, -0.05) is 42.5 Å². The first-order valence-corrected chi connectivity index (χ1v) is 9.70. The van der Waals surface area contributed by atoms with Crippen LogP contribution in [-0.2, 0) is 24.3 Å². The number of ether oxygens (including phenoxy) is 1. The summed E-state index contributed by atoms with van der Waals surface area (Å²) < 4.78 is 5.37. The highest BCUT2D eigenvalue weighted by Crippen LogP contribution is 2.19. The van der Waals surface area contributed by atoms with Gasteiger partial charge in [0.15, 0.2) is 5.96 Å². The predicted octanol–water partition coefficient (Wildman–Crippen LogP) is 2.34. The van der Waals surface area contributed by atoms with E-state index in [9.17, 15) is 4.79 Å². The summed E-state index contributed by atoms with van der Waals surface area (Å²) in [4.78, 5) is 19.1. The molecule has 0 aliphatic carbocycles. The molecule has 6 nitrogen and oxygen atoms in total. The van der Waals surface area contributed by atoms with Crippen molar-refractivity contribution in [1.82, 2.24) is 15.5 Å². The third kappa shape index (κ3) is 5.03. The van der Waals surface area contributed by atoms with E-state index >= 15 is 0 Å². The lowest BCUT2D eigenvalue weighted by molar-refractivity contribution is -0.130. The largest absolute Gasteiger partial charge is 0.496 e. The topological polar surface area (TPSA) is 66.0 Å². The summed E-state index contributed by atoms with van der Waals surface area (Å²) in [6, 6.07) is 16.1. The first kappa shape index (κ1) is 19.7. The number of hydrogen-bond donors (Lipinski definition) is 2. The SMILES string of the molecule is CCNC(=NCc1ccccc1OC)NCC(=O)N1CCc2ccccc2C1. The highest BCUT2D eigenvalue weighted by molar-refractivity contribution is 5.86. The standard InChI is InChI=1S/C22H28N4O2/c1-3-23-22(24-14-18-9-6-7-11-20(18)28-2)25-15-21(27)26-13-12-17-8-4-5-10-19(17)16-26/h4-11H,3,12-16H2,1-2H3,(H2,23,24,25). The van der Waals surface area contributed by atoms with Crippen LogP contribution in [0, 0.1) is 0 Å². The minimum Gasteiger partial charge on any atom is -0.496 e. The van der Waals surface area contributed by atoms with E-state index in [4.69, 9.17) is 4.74 Å². The minimum atomic E-state index is 0.0809. The highest BCUT2D eigenvalue weighted by Gasteiger charge is 2.20. The molecule has 148 valence electrons. The molecule has 0 atom stereocenters. The molecule has 2 N–H and O–H groups in total. The fraction of sp³-hybridized carbons (Fsp3) is 0.364. The van der Waals surface area contributed by atoms with Gasteiger partial charge in [-0.25, -0.2) is 4.99 Å². The fourth-order valence-corrected chi connectivity index (χ4v) is 3.32. The Hall–Kier alpha value is -3.02. The van der Waals surface area contributed by atoms with Crippen LogP contribution in [0.1, 0.15) is 23.6 Å². The van der Waals surface area contributed by atoms with Crippen molar-refractivity contribution in [2.24, 2.45) is 4.99 Å². The molecular weight excluding hydrogens is 352 g/mol. The molecule has 0 fully saturated rings. The molecule has 0 saturated carbocycles. The van der Waals surface area contributed by atoms with Gasteiger partial charge in [0.05, 0.1) is 20.2 Å². The number of nitrogens with zero attached hydrogens (tertiary/aromatic N) is 2. The Balaban J connectivity index is 1.58. The van der Waals surface area contributed by atoms with E-state index in [2.05, 4.69) is 33.8 Å². The van der Waals surface area contributed by atoms with Crippen LogP contribution in [0.5, 0.6) is 5.75 Å². The number of para-hydroxylation sites is 1. The van der Waals surface area contributed by atoms with E-state index in [0.29, 0.717) is 19.0 Å². The number of aliphatic imine (C=N–C) groups is 1. The normalized spacial score (nSPS) is 13.6. The monoisotopic (exact) mass is 380 g/mol. The Morgan fingerprint density at radius 2 is 1.86 bits per heavy atom. The molecule has 0 spiro atoms. The van der Waals surface area contributed by atoms with Crippen molar-refractivity contribution in [3.63, 3.8) is 0 Å². The Bertz CT molecular complexity index is 835. The Kier molecular flexibility index (Phi) is 6.89. The van der Waals surface area contributed by atoms with Crippen molar-refractivity contribution in [3.8, 4) is 5.75 Å². The minimum absolute atomic E-state index is 0.0809. The second-order valence-electron chi connectivity index (χ2n) is 6.69. The van der Waals surface area contributed by atoms with Crippen LogP contribution in [0.4, 0.5) is 0 Å². The molecule has 0 aromatic heterocycles. The zero-order valence-electron chi connectivity index (χ0n) is 16.6. The number of methoxy groups -OCH3 is 1. The molecule has 0 saturated heterocycles. The summed E-state index contributed by atoms with van der Waals surface area (Å²) in [6.07, 6.45) is 0.907. The van der Waals surface area contributed by atoms with E-state index in [0.717, 1.165) is 30.8 Å². The van der Waals surface area contributed by atoms with E-state index in [-0.39, 0.29) is 12.5 Å². The van der Waals surface area contributed by atoms with E-state index < -0.39 is 0 Å². The van der Waals surface area contributed by atoms with Gasteiger partial charge in [-0.2, -0.15) is 0 Å². The first-order valence-electron chi connectivity index (χ1n) is 9.70. The van der Waals surface area contributed by atoms with Crippen molar-refractivity contribution in [1.29, 1.82) is 0 Å². The van der Waals surface area contributed by atoms with Crippen molar-refractivity contribution < 1.29 is 9.53 Å². The Morgan fingerprint density at radius 3 is 2.64 bits per heavy atom. The number of carbonyl (C=O) groups excluding carboxylic acids is 1. The van der Waals surface area contributed by atoms with Crippen molar-refractivity contribution in [3.05, 3.63) is 65.2 Å². The first-order chi connectivity index (χ1) is 13.7. The lowest BCUT2D eigenvalue weighted by Gasteiger charge is -2.29. The zero-order chi connectivity index (χ0) is 19.8. The van der Waals surface area contributed by atoms with Crippen LogP contribution >= 0.6 is 0 Å². The van der Waals surface area contributed by atoms with Gasteiger partial charge in [-0.15, -0.1) is 0 Å². The lowest BCUT2D eigenvalue weighted by Crippen LogP contribution is -2.45. The predicted molar refractivity (Wildman–Crippen MR) is 111 cm³/mol. The van der Waals surface area contributed by atoms with Crippen LogP contribution in [0.15, 0.2) is 53.5 Å². The molecular formula is C22H28N4O2. The van der Waals surface area contributed by atoms with Gasteiger partial charge in [0.1, 0.15) is 5.75 Å². The number of benzene rings is 2. The molecule has 28 heavy (non-hydrogen) atoms. The van der Waals surface area contributed by atoms with Crippen LogP contribution in [-0.4, -0.2) is 43.5 Å². The van der Waals surface area contributed by atoms with Gasteiger partial charge in [0.2, 0.25) is 5.91 Å². The van der Waals surface area contributed by atoms with Crippen LogP contribution < -0.4 is 15.4 Å². The third-order valence-electron chi connectivity index (χ3n) is 4.83. The Morgan fingerprint density at radius 1 is 1.11 bits per heavy atom. The molecule has 1 aliphatic heterocycles. The zero-order valence-corrected chi connectivity index (χ0v) is 16.6. The summed E-state index contributed by atoms with van der Waals surface area (Å²) in [5, 5.41) is 6.35. The van der Waals surface area contributed by atoms with E-state index in [1.807, 2.05) is 42.2 Å². The van der Waals surface area contributed by atoms with Crippen molar-refractivity contribution in [2.45, 2.75) is 26.4 Å². The summed E-state index contributed by atoms with van der Waals surface area (Å²) in [5.41, 5.74) is 3.58. The maximum atomic E-state index is 12.7. The molecule has 3 rings (SSSR count). The van der Waals surface area contributed by atoms with Crippen LogP contribution in [0.2, 0.25) is 0 Å². The van der Waals surface area contributed by atoms with Crippen molar-refractivity contribution >= 4 is 11.9 Å². The number of nitrogens with one attached hydrogen (secondary N) is 2. The molecule has 0 unspecified atom stereocenters. The number of rotatable bonds is 6. The maximum Gasteiger partial charge on any atom is 0.242 e. The number of amides is 1. The molecule has 6 heteroatoms. The maximum absolute atomic E-state index is 12.7. The second kappa shape index (κ2) is 9.78. The average molecular weight is 380 g/mol. The number of carbonyl (C=O) groups is 1. The van der Waals surface area contributed by atoms with Gasteiger partial charge >= 0.3 is 0 Å². The van der Waals surface area contributed by atoms with Gasteiger partial charge < -0.3 is 20.3 Å². The smallest absolute Gasteiger partial charge is 0.242 e.